The van der Waals surface area contributed by atoms with Gasteiger partial charge >= 0.3 is 0 Å². The highest BCUT2D eigenvalue weighted by atomic mass is 32.2. The molecule has 2 atom stereocenters. The van der Waals surface area contributed by atoms with Crippen molar-refractivity contribution in [3.05, 3.63) is 46.3 Å². The van der Waals surface area contributed by atoms with Crippen LogP contribution in [-0.2, 0) is 6.42 Å². The van der Waals surface area contributed by atoms with Crippen LogP contribution in [-0.4, -0.2) is 16.0 Å². The van der Waals surface area contributed by atoms with Crippen LogP contribution in [0, 0.1) is 0 Å². The van der Waals surface area contributed by atoms with Crippen LogP contribution in [0.4, 0.5) is 0 Å². The predicted molar refractivity (Wildman–Crippen MR) is 79.8 cm³/mol. The van der Waals surface area contributed by atoms with Gasteiger partial charge in [-0.2, -0.15) is 0 Å². The molecule has 0 bridgehead atoms. The Morgan fingerprint density at radius 1 is 1.55 bits per heavy atom. The third kappa shape index (κ3) is 3.74. The third-order valence-corrected chi connectivity index (χ3v) is 4.15. The van der Waals surface area contributed by atoms with Crippen molar-refractivity contribution in [2.24, 2.45) is 5.73 Å². The molecule has 2 unspecified atom stereocenters. The minimum absolute atomic E-state index is 0.0787. The summed E-state index contributed by atoms with van der Waals surface area (Å²) < 4.78 is 5.42. The standard InChI is InChI=1S/C14H19N3O2S/c1-3-5-10-8-12(18)17-14(16-10)20-13(9(2)15)11-6-4-7-19-11/h4,6-9,13H,3,5,15H2,1-2H3,(H,16,17,18). The van der Waals surface area contributed by atoms with Crippen LogP contribution in [0.25, 0.3) is 0 Å². The average molecular weight is 293 g/mol. The van der Waals surface area contributed by atoms with E-state index in [1.54, 1.807) is 12.3 Å². The molecule has 3 N–H and O–H groups in total. The van der Waals surface area contributed by atoms with E-state index in [4.69, 9.17) is 10.2 Å². The minimum Gasteiger partial charge on any atom is -0.468 e. The number of nitrogens with one attached hydrogen (secondary N) is 1. The van der Waals surface area contributed by atoms with Gasteiger partial charge < -0.3 is 15.1 Å². The second-order valence-electron chi connectivity index (χ2n) is 4.70. The van der Waals surface area contributed by atoms with Crippen molar-refractivity contribution >= 4 is 11.8 Å². The number of hydrogen-bond acceptors (Lipinski definition) is 5. The van der Waals surface area contributed by atoms with E-state index in [9.17, 15) is 4.79 Å². The number of nitrogens with zero attached hydrogens (tertiary/aromatic N) is 1. The maximum absolute atomic E-state index is 11.7. The van der Waals surface area contributed by atoms with Crippen molar-refractivity contribution in [3.63, 3.8) is 0 Å². The maximum atomic E-state index is 11.7. The Morgan fingerprint density at radius 2 is 2.35 bits per heavy atom. The van der Waals surface area contributed by atoms with Crippen LogP contribution in [0.2, 0.25) is 0 Å². The van der Waals surface area contributed by atoms with Gasteiger partial charge in [-0.3, -0.25) is 4.79 Å². The molecule has 2 aromatic rings. The summed E-state index contributed by atoms with van der Waals surface area (Å²) in [4.78, 5) is 18.9. The number of nitrogens with two attached hydrogens (primary N) is 1. The lowest BCUT2D eigenvalue weighted by Gasteiger charge is -2.17. The Bertz CT molecular complexity index is 593. The summed E-state index contributed by atoms with van der Waals surface area (Å²) >= 11 is 1.42. The maximum Gasteiger partial charge on any atom is 0.251 e. The zero-order valence-electron chi connectivity index (χ0n) is 11.6. The normalized spacial score (nSPS) is 14.2. The molecular weight excluding hydrogens is 274 g/mol. The zero-order valence-corrected chi connectivity index (χ0v) is 12.4. The van der Waals surface area contributed by atoms with Crippen LogP contribution >= 0.6 is 11.8 Å². The first kappa shape index (κ1) is 14.9. The van der Waals surface area contributed by atoms with Gasteiger partial charge in [0.25, 0.3) is 5.56 Å². The van der Waals surface area contributed by atoms with Crippen molar-refractivity contribution in [2.75, 3.05) is 0 Å². The molecular formula is C14H19N3O2S. The fourth-order valence-electron chi connectivity index (χ4n) is 1.92. The number of aryl methyl sites for hydroxylation is 1. The Kier molecular flexibility index (Phi) is 5.03. The summed E-state index contributed by atoms with van der Waals surface area (Å²) in [7, 11) is 0. The highest BCUT2D eigenvalue weighted by Crippen LogP contribution is 2.35. The molecule has 0 fully saturated rings. The second-order valence-corrected chi connectivity index (χ2v) is 5.84. The van der Waals surface area contributed by atoms with Crippen molar-refractivity contribution in [3.8, 4) is 0 Å². The lowest BCUT2D eigenvalue weighted by atomic mass is 10.2. The van der Waals surface area contributed by atoms with Crippen LogP contribution in [0.15, 0.2) is 38.8 Å². The van der Waals surface area contributed by atoms with Crippen molar-refractivity contribution in [2.45, 2.75) is 43.1 Å². The lowest BCUT2D eigenvalue weighted by Crippen LogP contribution is -2.23. The third-order valence-electron chi connectivity index (χ3n) is 2.82. The average Bonchev–Trinajstić information content (AvgIpc) is 2.89. The molecule has 0 radical (unpaired) electrons. The van der Waals surface area contributed by atoms with Gasteiger partial charge in [0.2, 0.25) is 0 Å². The molecule has 0 saturated heterocycles. The largest absolute Gasteiger partial charge is 0.468 e. The summed E-state index contributed by atoms with van der Waals surface area (Å²) in [5.74, 6) is 0.786. The van der Waals surface area contributed by atoms with E-state index in [2.05, 4.69) is 16.9 Å². The lowest BCUT2D eigenvalue weighted by molar-refractivity contribution is 0.486. The second kappa shape index (κ2) is 6.76. The van der Waals surface area contributed by atoms with E-state index in [1.807, 2.05) is 19.1 Å². The first-order chi connectivity index (χ1) is 9.60. The summed E-state index contributed by atoms with van der Waals surface area (Å²) in [6, 6.07) is 5.14. The monoisotopic (exact) mass is 293 g/mol. The molecule has 108 valence electrons. The van der Waals surface area contributed by atoms with Crippen LogP contribution in [0.5, 0.6) is 0 Å². The number of rotatable bonds is 6. The zero-order chi connectivity index (χ0) is 14.5. The van der Waals surface area contributed by atoms with Gasteiger partial charge in [-0.25, -0.2) is 4.98 Å². The molecule has 0 amide bonds. The first-order valence-electron chi connectivity index (χ1n) is 6.66. The Balaban J connectivity index is 2.25. The fraction of sp³-hybridized carbons (Fsp3) is 0.429. The van der Waals surface area contributed by atoms with Crippen molar-refractivity contribution in [1.29, 1.82) is 0 Å². The molecule has 0 aliphatic carbocycles. The molecule has 0 aliphatic rings. The van der Waals surface area contributed by atoms with E-state index in [-0.39, 0.29) is 16.9 Å². The van der Waals surface area contributed by atoms with Gasteiger partial charge in [0.15, 0.2) is 5.16 Å². The Morgan fingerprint density at radius 3 is 2.95 bits per heavy atom. The predicted octanol–water partition coefficient (Wildman–Crippen LogP) is 2.50. The fourth-order valence-corrected chi connectivity index (χ4v) is 2.96. The van der Waals surface area contributed by atoms with Gasteiger partial charge in [0.1, 0.15) is 5.76 Å². The topological polar surface area (TPSA) is 84.9 Å². The number of H-pyrrole nitrogens is 1. The Hall–Kier alpha value is -1.53. The number of furan rings is 1. The van der Waals surface area contributed by atoms with Crippen molar-refractivity contribution in [1.82, 2.24) is 9.97 Å². The molecule has 6 heteroatoms. The highest BCUT2D eigenvalue weighted by molar-refractivity contribution is 7.99. The SMILES string of the molecule is CCCc1cc(=O)[nH]c(SC(c2ccco2)C(C)N)n1. The van der Waals surface area contributed by atoms with Crippen LogP contribution in [0.3, 0.4) is 0 Å². The summed E-state index contributed by atoms with van der Waals surface area (Å²) in [5, 5.41) is 0.504. The molecule has 2 rings (SSSR count). The molecule has 0 aromatic carbocycles. The number of thioether (sulfide) groups is 1. The summed E-state index contributed by atoms with van der Waals surface area (Å²) in [5.41, 5.74) is 6.69. The number of aromatic amines is 1. The van der Waals surface area contributed by atoms with Crippen LogP contribution in [0.1, 0.15) is 37.0 Å². The Labute approximate surface area is 122 Å². The van der Waals surface area contributed by atoms with E-state index in [1.165, 1.54) is 11.8 Å². The van der Waals surface area contributed by atoms with E-state index in [0.717, 1.165) is 24.3 Å². The summed E-state index contributed by atoms with van der Waals surface area (Å²) in [6.45, 7) is 3.97. The number of hydrogen-bond donors (Lipinski definition) is 2. The van der Waals surface area contributed by atoms with Gasteiger partial charge in [-0.15, -0.1) is 0 Å². The number of aromatic nitrogens is 2. The van der Waals surface area contributed by atoms with Gasteiger partial charge in [-0.1, -0.05) is 25.1 Å². The van der Waals surface area contributed by atoms with Crippen LogP contribution < -0.4 is 11.3 Å². The minimum atomic E-state index is -0.131. The van der Waals surface area contributed by atoms with E-state index in [0.29, 0.717) is 5.16 Å². The smallest absolute Gasteiger partial charge is 0.251 e. The summed E-state index contributed by atoms with van der Waals surface area (Å²) in [6.07, 6.45) is 3.37. The van der Waals surface area contributed by atoms with Gasteiger partial charge in [-0.05, 0) is 25.5 Å². The van der Waals surface area contributed by atoms with E-state index >= 15 is 0 Å². The molecule has 2 aromatic heterocycles. The molecule has 20 heavy (non-hydrogen) atoms. The van der Waals surface area contributed by atoms with Gasteiger partial charge in [0, 0.05) is 17.8 Å². The quantitative estimate of drug-likeness (QED) is 0.631. The first-order valence-corrected chi connectivity index (χ1v) is 7.54. The molecule has 0 aliphatic heterocycles. The van der Waals surface area contributed by atoms with Crippen molar-refractivity contribution < 1.29 is 4.42 Å². The molecule has 5 nitrogen and oxygen atoms in total. The molecule has 0 spiro atoms. The molecule has 2 heterocycles. The van der Waals surface area contributed by atoms with Gasteiger partial charge in [0.05, 0.1) is 11.5 Å². The highest BCUT2D eigenvalue weighted by Gasteiger charge is 2.21. The van der Waals surface area contributed by atoms with E-state index < -0.39 is 0 Å². The molecule has 0 saturated carbocycles.